The molecule has 1 fully saturated rings. The Morgan fingerprint density at radius 1 is 0.970 bits per heavy atom. The van der Waals surface area contributed by atoms with Crippen molar-refractivity contribution in [3.63, 3.8) is 0 Å². The smallest absolute Gasteiger partial charge is 0.312 e. The molecule has 1 atom stereocenters. The molecule has 0 saturated carbocycles. The number of amides is 3. The molecular formula is C23H25N5O5. The first-order chi connectivity index (χ1) is 15.8. The molecule has 1 aliphatic rings. The van der Waals surface area contributed by atoms with Gasteiger partial charge in [-0.3, -0.25) is 24.6 Å². The van der Waals surface area contributed by atoms with E-state index in [1.165, 1.54) is 9.80 Å². The summed E-state index contributed by atoms with van der Waals surface area (Å²) in [6, 6.07) is 14.8. The van der Waals surface area contributed by atoms with Crippen LogP contribution < -0.4 is 11.1 Å². The molecule has 0 aliphatic carbocycles. The van der Waals surface area contributed by atoms with Gasteiger partial charge in [-0.05, 0) is 17.7 Å². The number of nitrogens with two attached hydrogens (primary N) is 1. The molecule has 2 aromatic carbocycles. The number of piperazine rings is 1. The zero-order chi connectivity index (χ0) is 24.0. The van der Waals surface area contributed by atoms with Gasteiger partial charge in [0.25, 0.3) is 5.91 Å². The summed E-state index contributed by atoms with van der Waals surface area (Å²) in [5.74, 6) is -3.92. The summed E-state index contributed by atoms with van der Waals surface area (Å²) < 4.78 is 0. The highest BCUT2D eigenvalue weighted by Crippen LogP contribution is 2.19. The Hall–Kier alpha value is -4.21. The number of hydrogen-bond acceptors (Lipinski definition) is 5. The van der Waals surface area contributed by atoms with E-state index in [1.807, 2.05) is 0 Å². The maximum absolute atomic E-state index is 12.6. The molecule has 0 bridgehead atoms. The number of nitrogens with one attached hydrogen (secondary N) is 2. The number of nitrogen functional groups attached to an aromatic ring is 1. The standard InChI is InChI=1S/C23H25N5O5/c24-19(25)16-6-8-17(9-7-16)20(29)26-10-11-27-12-13-28(22(31)21(27)30)14-18(23(32)33)15-4-2-1-3-5-15/h1-9,18H,10-14H2,(H3,24,25)(H,26,29)(H,32,33). The molecule has 2 aromatic rings. The van der Waals surface area contributed by atoms with Crippen molar-refractivity contribution < 1.29 is 24.3 Å². The third-order valence-corrected chi connectivity index (χ3v) is 5.43. The predicted molar refractivity (Wildman–Crippen MR) is 120 cm³/mol. The van der Waals surface area contributed by atoms with Gasteiger partial charge in [-0.15, -0.1) is 0 Å². The number of hydrogen-bond donors (Lipinski definition) is 4. The Labute approximate surface area is 190 Å². The first kappa shape index (κ1) is 23.5. The van der Waals surface area contributed by atoms with E-state index in [0.29, 0.717) is 16.7 Å². The Morgan fingerprint density at radius 3 is 2.15 bits per heavy atom. The first-order valence-corrected chi connectivity index (χ1v) is 10.4. The van der Waals surface area contributed by atoms with Crippen LogP contribution in [0.15, 0.2) is 54.6 Å². The van der Waals surface area contributed by atoms with E-state index in [-0.39, 0.29) is 44.5 Å². The van der Waals surface area contributed by atoms with Crippen molar-refractivity contribution in [3.05, 3.63) is 71.3 Å². The van der Waals surface area contributed by atoms with Crippen LogP contribution in [-0.4, -0.2) is 77.2 Å². The largest absolute Gasteiger partial charge is 0.481 e. The number of aliphatic carboxylic acids is 1. The molecule has 10 heteroatoms. The molecule has 10 nitrogen and oxygen atoms in total. The van der Waals surface area contributed by atoms with Crippen LogP contribution in [0.1, 0.15) is 27.4 Å². The number of nitrogens with zero attached hydrogens (tertiary/aromatic N) is 2. The number of carbonyl (C=O) groups excluding carboxylic acids is 3. The average Bonchev–Trinajstić information content (AvgIpc) is 2.81. The average molecular weight is 451 g/mol. The van der Waals surface area contributed by atoms with E-state index in [1.54, 1.807) is 54.6 Å². The fraction of sp³-hybridized carbons (Fsp3) is 0.261. The minimum atomic E-state index is -1.07. The lowest BCUT2D eigenvalue weighted by molar-refractivity contribution is -0.156. The van der Waals surface area contributed by atoms with Gasteiger partial charge in [0.1, 0.15) is 5.84 Å². The summed E-state index contributed by atoms with van der Waals surface area (Å²) in [5, 5.41) is 19.6. The summed E-state index contributed by atoms with van der Waals surface area (Å²) in [6.07, 6.45) is 0. The highest BCUT2D eigenvalue weighted by Gasteiger charge is 2.35. The van der Waals surface area contributed by atoms with Gasteiger partial charge in [0, 0.05) is 43.9 Å². The van der Waals surface area contributed by atoms with Gasteiger partial charge < -0.3 is 26.0 Å². The SMILES string of the molecule is N=C(N)c1ccc(C(=O)NCCN2CCN(CC(C(=O)O)c3ccccc3)C(=O)C2=O)cc1. The van der Waals surface area contributed by atoms with Crippen molar-refractivity contribution in [2.45, 2.75) is 5.92 Å². The quantitative estimate of drug-likeness (QED) is 0.243. The van der Waals surface area contributed by atoms with Crippen molar-refractivity contribution in [1.82, 2.24) is 15.1 Å². The molecule has 5 N–H and O–H groups in total. The fourth-order valence-corrected chi connectivity index (χ4v) is 3.54. The van der Waals surface area contributed by atoms with E-state index < -0.39 is 23.7 Å². The minimum absolute atomic E-state index is 0.0925. The Bertz CT molecular complexity index is 1050. The lowest BCUT2D eigenvalue weighted by atomic mass is 9.98. The van der Waals surface area contributed by atoms with Crippen molar-refractivity contribution >= 4 is 29.5 Å². The third kappa shape index (κ3) is 5.73. The van der Waals surface area contributed by atoms with Gasteiger partial charge in [0.2, 0.25) is 0 Å². The first-order valence-electron chi connectivity index (χ1n) is 10.4. The Kier molecular flexibility index (Phi) is 7.39. The van der Waals surface area contributed by atoms with Gasteiger partial charge in [-0.1, -0.05) is 42.5 Å². The Balaban J connectivity index is 1.52. The van der Waals surface area contributed by atoms with E-state index in [0.717, 1.165) is 0 Å². The summed E-state index contributed by atoms with van der Waals surface area (Å²) in [7, 11) is 0. The van der Waals surface area contributed by atoms with Gasteiger partial charge >= 0.3 is 17.8 Å². The minimum Gasteiger partial charge on any atom is -0.481 e. The van der Waals surface area contributed by atoms with Gasteiger partial charge in [0.15, 0.2) is 0 Å². The topological polar surface area (TPSA) is 157 Å². The lowest BCUT2D eigenvalue weighted by Crippen LogP contribution is -2.56. The molecule has 1 heterocycles. The van der Waals surface area contributed by atoms with Crippen LogP contribution in [0, 0.1) is 5.41 Å². The maximum atomic E-state index is 12.6. The highest BCUT2D eigenvalue weighted by atomic mass is 16.4. The van der Waals surface area contributed by atoms with Crippen LogP contribution in [0.5, 0.6) is 0 Å². The number of carboxylic acids is 1. The van der Waals surface area contributed by atoms with E-state index in [9.17, 15) is 24.3 Å². The summed E-state index contributed by atoms with van der Waals surface area (Å²) >= 11 is 0. The second-order valence-electron chi connectivity index (χ2n) is 7.59. The monoisotopic (exact) mass is 451 g/mol. The number of carboxylic acid groups (broad SMARTS) is 1. The summed E-state index contributed by atoms with van der Waals surface area (Å²) in [4.78, 5) is 51.6. The van der Waals surface area contributed by atoms with Crippen LogP contribution in [0.4, 0.5) is 0 Å². The molecule has 1 unspecified atom stereocenters. The molecule has 1 saturated heterocycles. The van der Waals surface area contributed by atoms with Gasteiger partial charge in [-0.2, -0.15) is 0 Å². The van der Waals surface area contributed by atoms with Crippen LogP contribution in [0.3, 0.4) is 0 Å². The zero-order valence-corrected chi connectivity index (χ0v) is 17.9. The van der Waals surface area contributed by atoms with Gasteiger partial charge in [0.05, 0.1) is 5.92 Å². The van der Waals surface area contributed by atoms with E-state index >= 15 is 0 Å². The highest BCUT2D eigenvalue weighted by molar-refractivity contribution is 6.35. The number of rotatable bonds is 9. The maximum Gasteiger partial charge on any atom is 0.312 e. The van der Waals surface area contributed by atoms with Crippen molar-refractivity contribution in [1.29, 1.82) is 5.41 Å². The third-order valence-electron chi connectivity index (χ3n) is 5.43. The van der Waals surface area contributed by atoms with Crippen LogP contribution in [0.2, 0.25) is 0 Å². The molecule has 0 radical (unpaired) electrons. The van der Waals surface area contributed by atoms with Crippen molar-refractivity contribution in [3.8, 4) is 0 Å². The fourth-order valence-electron chi connectivity index (χ4n) is 3.54. The number of amidine groups is 1. The van der Waals surface area contributed by atoms with Crippen LogP contribution >= 0.6 is 0 Å². The van der Waals surface area contributed by atoms with Gasteiger partial charge in [-0.25, -0.2) is 0 Å². The lowest BCUT2D eigenvalue weighted by Gasteiger charge is -2.35. The normalized spacial score (nSPS) is 14.7. The molecule has 3 rings (SSSR count). The zero-order valence-electron chi connectivity index (χ0n) is 17.9. The second-order valence-corrected chi connectivity index (χ2v) is 7.59. The van der Waals surface area contributed by atoms with E-state index in [2.05, 4.69) is 5.32 Å². The molecular weight excluding hydrogens is 426 g/mol. The second kappa shape index (κ2) is 10.4. The summed E-state index contributed by atoms with van der Waals surface area (Å²) in [5.41, 5.74) is 6.84. The van der Waals surface area contributed by atoms with Crippen LogP contribution in [0.25, 0.3) is 0 Å². The Morgan fingerprint density at radius 2 is 1.55 bits per heavy atom. The molecule has 172 valence electrons. The molecule has 0 aromatic heterocycles. The van der Waals surface area contributed by atoms with Crippen molar-refractivity contribution in [2.24, 2.45) is 5.73 Å². The molecule has 33 heavy (non-hydrogen) atoms. The van der Waals surface area contributed by atoms with Crippen LogP contribution in [-0.2, 0) is 14.4 Å². The van der Waals surface area contributed by atoms with E-state index in [4.69, 9.17) is 11.1 Å². The number of carbonyl (C=O) groups is 4. The summed E-state index contributed by atoms with van der Waals surface area (Å²) in [6.45, 7) is 0.659. The molecule has 0 spiro atoms. The molecule has 1 aliphatic heterocycles. The molecule has 3 amide bonds. The predicted octanol–water partition coefficient (Wildman–Crippen LogP) is 0.240. The number of benzene rings is 2. The van der Waals surface area contributed by atoms with Crippen molar-refractivity contribution in [2.75, 3.05) is 32.7 Å².